The van der Waals surface area contributed by atoms with Crippen LogP contribution in [0.1, 0.15) is 12.5 Å². The van der Waals surface area contributed by atoms with Gasteiger partial charge >= 0.3 is 0 Å². The summed E-state index contributed by atoms with van der Waals surface area (Å²) < 4.78 is 4.72. The van der Waals surface area contributed by atoms with E-state index in [2.05, 4.69) is 299 Å². The minimum atomic E-state index is 0.836. The van der Waals surface area contributed by atoms with Crippen LogP contribution in [0.3, 0.4) is 0 Å². The standard InChI is InChI=1S/C70H50N6/c1-2-48-18-17-27-63-68(48)72-70(50-34-38-54(39-35-50)74(52-21-7-4-8-22-52)56-42-46-58(47-43-56)76-66-30-15-11-25-61(66)62-26-12-16-31-67(62)76)69(71-63)49-32-36-53(37-33-49)73(51-19-5-3-6-20-51)55-40-44-57(45-41-55)75-64-28-13-9-23-59(64)60-24-10-14-29-65(60)75/h3-47H,2H2,1H3. The number of nitrogens with zero attached hydrogens (tertiary/aromatic N) is 6. The van der Waals surface area contributed by atoms with Gasteiger partial charge in [-0.2, -0.15) is 0 Å². The van der Waals surface area contributed by atoms with Gasteiger partial charge in [0.05, 0.1) is 44.5 Å². The van der Waals surface area contributed by atoms with Crippen molar-refractivity contribution in [3.05, 3.63) is 279 Å². The highest BCUT2D eigenvalue weighted by Crippen LogP contribution is 2.42. The van der Waals surface area contributed by atoms with E-state index in [0.29, 0.717) is 0 Å². The fourth-order valence-corrected chi connectivity index (χ4v) is 11.3. The van der Waals surface area contributed by atoms with Gasteiger partial charge in [0.2, 0.25) is 0 Å². The van der Waals surface area contributed by atoms with Crippen LogP contribution >= 0.6 is 0 Å². The third-order valence-corrected chi connectivity index (χ3v) is 14.9. The Balaban J connectivity index is 0.827. The molecule has 14 rings (SSSR count). The lowest BCUT2D eigenvalue weighted by Crippen LogP contribution is -2.10. The molecule has 6 heteroatoms. The summed E-state index contributed by atoms with van der Waals surface area (Å²) in [7, 11) is 0. The number of fused-ring (bicyclic) bond motifs is 7. The second-order valence-electron chi connectivity index (χ2n) is 19.3. The van der Waals surface area contributed by atoms with Crippen molar-refractivity contribution in [1.29, 1.82) is 0 Å². The minimum Gasteiger partial charge on any atom is -0.311 e. The quantitative estimate of drug-likeness (QED) is 0.130. The lowest BCUT2D eigenvalue weighted by molar-refractivity contribution is 1.14. The van der Waals surface area contributed by atoms with E-state index < -0.39 is 0 Å². The topological polar surface area (TPSA) is 42.1 Å². The van der Waals surface area contributed by atoms with Crippen molar-refractivity contribution in [2.24, 2.45) is 0 Å². The van der Waals surface area contributed by atoms with Crippen LogP contribution in [0.4, 0.5) is 34.1 Å². The normalized spacial score (nSPS) is 11.5. The fraction of sp³-hybridized carbons (Fsp3) is 0.0286. The average molecular weight is 975 g/mol. The molecule has 0 spiro atoms. The van der Waals surface area contributed by atoms with Gasteiger partial charge in [-0.25, -0.2) is 9.97 Å². The number of hydrogen-bond acceptors (Lipinski definition) is 4. The van der Waals surface area contributed by atoms with Crippen LogP contribution in [0.15, 0.2) is 273 Å². The van der Waals surface area contributed by atoms with E-state index in [1.165, 1.54) is 49.2 Å². The van der Waals surface area contributed by atoms with Crippen LogP contribution in [-0.2, 0) is 6.42 Å². The number of aromatic nitrogens is 4. The smallest absolute Gasteiger partial charge is 0.0973 e. The molecule has 0 bridgehead atoms. The molecule has 0 saturated heterocycles. The van der Waals surface area contributed by atoms with Crippen molar-refractivity contribution in [1.82, 2.24) is 19.1 Å². The lowest BCUT2D eigenvalue weighted by Gasteiger charge is -2.26. The molecule has 0 saturated carbocycles. The second kappa shape index (κ2) is 18.8. The number of anilines is 6. The zero-order valence-electron chi connectivity index (χ0n) is 41.9. The van der Waals surface area contributed by atoms with Gasteiger partial charge in [-0.15, -0.1) is 0 Å². The molecule has 0 atom stereocenters. The molecule has 0 aliphatic carbocycles. The minimum absolute atomic E-state index is 0.836. The van der Waals surface area contributed by atoms with Crippen LogP contribution < -0.4 is 9.80 Å². The molecule has 0 N–H and O–H groups in total. The van der Waals surface area contributed by atoms with Gasteiger partial charge in [0, 0.05) is 78.2 Å². The summed E-state index contributed by atoms with van der Waals surface area (Å²) in [6.45, 7) is 2.18. The Morgan fingerprint density at radius 2 is 0.632 bits per heavy atom. The van der Waals surface area contributed by atoms with E-state index in [1.807, 2.05) is 0 Å². The summed E-state index contributed by atoms with van der Waals surface area (Å²) in [6.07, 6.45) is 0.856. The molecule has 76 heavy (non-hydrogen) atoms. The maximum absolute atomic E-state index is 5.49. The van der Waals surface area contributed by atoms with Gasteiger partial charge in [0.15, 0.2) is 0 Å². The van der Waals surface area contributed by atoms with Gasteiger partial charge in [0.25, 0.3) is 0 Å². The number of rotatable bonds is 11. The van der Waals surface area contributed by atoms with Crippen LogP contribution in [0.25, 0.3) is 88.5 Å². The van der Waals surface area contributed by atoms with Crippen LogP contribution in [0.2, 0.25) is 0 Å². The Morgan fingerprint density at radius 1 is 0.303 bits per heavy atom. The highest BCUT2D eigenvalue weighted by molar-refractivity contribution is 6.10. The third kappa shape index (κ3) is 7.66. The monoisotopic (exact) mass is 974 g/mol. The molecular formula is C70H50N6. The van der Waals surface area contributed by atoms with Crippen LogP contribution in [0.5, 0.6) is 0 Å². The first-order valence-electron chi connectivity index (χ1n) is 26.0. The number of hydrogen-bond donors (Lipinski definition) is 0. The zero-order chi connectivity index (χ0) is 50.5. The van der Waals surface area contributed by atoms with Gasteiger partial charge < -0.3 is 18.9 Å². The summed E-state index contributed by atoms with van der Waals surface area (Å²) in [5, 5.41) is 5.00. The molecule has 360 valence electrons. The maximum atomic E-state index is 5.49. The second-order valence-corrected chi connectivity index (χ2v) is 19.3. The average Bonchev–Trinajstić information content (AvgIpc) is 4.07. The molecule has 0 aliphatic heterocycles. The summed E-state index contributed by atoms with van der Waals surface area (Å²) in [5.74, 6) is 0. The van der Waals surface area contributed by atoms with E-state index in [0.717, 1.165) is 85.5 Å². The van der Waals surface area contributed by atoms with E-state index in [-0.39, 0.29) is 0 Å². The Labute approximate surface area is 441 Å². The molecule has 0 fully saturated rings. The van der Waals surface area contributed by atoms with Gasteiger partial charge in [0.1, 0.15) is 0 Å². The Hall–Kier alpha value is -10.0. The fourth-order valence-electron chi connectivity index (χ4n) is 11.3. The van der Waals surface area contributed by atoms with E-state index in [9.17, 15) is 0 Å². The number of benzene rings is 11. The van der Waals surface area contributed by atoms with Crippen LogP contribution in [-0.4, -0.2) is 19.1 Å². The first kappa shape index (κ1) is 44.6. The molecule has 3 aromatic heterocycles. The Kier molecular flexibility index (Phi) is 11.0. The SMILES string of the molecule is CCc1cccc2nc(-c3ccc(N(c4ccccc4)c4ccc(-n5c6ccccc6c6ccccc65)cc4)cc3)c(-c3ccc(N(c4ccccc4)c4ccc(-n5c6ccccc6c6ccccc65)cc4)cc3)nc12. The van der Waals surface area contributed by atoms with Crippen molar-refractivity contribution in [2.45, 2.75) is 13.3 Å². The first-order valence-corrected chi connectivity index (χ1v) is 26.0. The van der Waals surface area contributed by atoms with Crippen molar-refractivity contribution in [3.63, 3.8) is 0 Å². The first-order chi connectivity index (χ1) is 37.7. The molecule has 0 amide bonds. The van der Waals surface area contributed by atoms with E-state index in [4.69, 9.17) is 9.97 Å². The lowest BCUT2D eigenvalue weighted by atomic mass is 10.0. The molecule has 14 aromatic rings. The summed E-state index contributed by atoms with van der Waals surface area (Å²) >= 11 is 0. The third-order valence-electron chi connectivity index (χ3n) is 14.9. The van der Waals surface area contributed by atoms with E-state index >= 15 is 0 Å². The highest BCUT2D eigenvalue weighted by atomic mass is 15.1. The molecule has 0 radical (unpaired) electrons. The highest BCUT2D eigenvalue weighted by Gasteiger charge is 2.21. The van der Waals surface area contributed by atoms with Crippen molar-refractivity contribution in [3.8, 4) is 33.9 Å². The molecular weight excluding hydrogens is 925 g/mol. The Bertz CT molecular complexity index is 4300. The molecule has 11 aromatic carbocycles. The number of para-hydroxylation sites is 7. The van der Waals surface area contributed by atoms with Gasteiger partial charge in [-0.3, -0.25) is 0 Å². The zero-order valence-corrected chi connectivity index (χ0v) is 41.9. The number of aryl methyl sites for hydroxylation is 1. The summed E-state index contributed by atoms with van der Waals surface area (Å²) in [4.78, 5) is 15.5. The van der Waals surface area contributed by atoms with Crippen molar-refractivity contribution in [2.75, 3.05) is 9.80 Å². The molecule has 0 unspecified atom stereocenters. The summed E-state index contributed by atoms with van der Waals surface area (Å²) in [6, 6.07) is 97.5. The largest absolute Gasteiger partial charge is 0.311 e. The van der Waals surface area contributed by atoms with E-state index in [1.54, 1.807) is 0 Å². The van der Waals surface area contributed by atoms with Crippen molar-refractivity contribution < 1.29 is 0 Å². The van der Waals surface area contributed by atoms with Gasteiger partial charge in [-0.1, -0.05) is 153 Å². The van der Waals surface area contributed by atoms with Crippen LogP contribution in [0, 0.1) is 0 Å². The predicted molar refractivity (Wildman–Crippen MR) is 318 cm³/mol. The predicted octanol–water partition coefficient (Wildman–Crippen LogP) is 18.7. The Morgan fingerprint density at radius 3 is 1.01 bits per heavy atom. The molecule has 6 nitrogen and oxygen atoms in total. The maximum Gasteiger partial charge on any atom is 0.0973 e. The van der Waals surface area contributed by atoms with Gasteiger partial charge in [-0.05, 0) is 139 Å². The summed E-state index contributed by atoms with van der Waals surface area (Å²) in [5.41, 5.74) is 20.0. The molecule has 0 aliphatic rings. The molecule has 3 heterocycles. The van der Waals surface area contributed by atoms with Crippen molar-refractivity contribution >= 4 is 88.8 Å².